The fourth-order valence-corrected chi connectivity index (χ4v) is 4.97. The van der Waals surface area contributed by atoms with E-state index in [0.29, 0.717) is 0 Å². The van der Waals surface area contributed by atoms with Gasteiger partial charge in [0.05, 0.1) is 5.56 Å². The van der Waals surface area contributed by atoms with Crippen LogP contribution in [0.2, 0.25) is 0 Å². The van der Waals surface area contributed by atoms with Crippen molar-refractivity contribution in [3.8, 4) is 11.1 Å². The van der Waals surface area contributed by atoms with Crippen LogP contribution in [0.5, 0.6) is 0 Å². The summed E-state index contributed by atoms with van der Waals surface area (Å²) in [5.41, 5.74) is 14.2. The minimum Gasteiger partial charge on any atom is -0.378 e. The molecule has 2 aliphatic carbocycles. The van der Waals surface area contributed by atoms with E-state index < -0.39 is 0 Å². The molecule has 2 aliphatic rings. The zero-order chi connectivity index (χ0) is 22.6. The summed E-state index contributed by atoms with van der Waals surface area (Å²) in [7, 11) is 12.7. The predicted octanol–water partition coefficient (Wildman–Crippen LogP) is 5.39. The third-order valence-electron chi connectivity index (χ3n) is 6.50. The van der Waals surface area contributed by atoms with Gasteiger partial charge in [0.25, 0.3) is 0 Å². The molecule has 0 spiro atoms. The fraction of sp³-hybridized carbons (Fsp3) is 0.207. The van der Waals surface area contributed by atoms with Gasteiger partial charge >= 0.3 is 0 Å². The predicted molar refractivity (Wildman–Crippen MR) is 138 cm³/mol. The Morgan fingerprint density at radius 2 is 1.34 bits per heavy atom. The Morgan fingerprint density at radius 3 is 2.03 bits per heavy atom. The Labute approximate surface area is 191 Å². The van der Waals surface area contributed by atoms with Gasteiger partial charge in [-0.25, -0.2) is 4.58 Å². The summed E-state index contributed by atoms with van der Waals surface area (Å²) in [6.07, 6.45) is 4.56. The van der Waals surface area contributed by atoms with Gasteiger partial charge < -0.3 is 9.80 Å². The second-order valence-electron chi connectivity index (χ2n) is 9.17. The summed E-state index contributed by atoms with van der Waals surface area (Å²) in [5, 5.41) is 0. The summed E-state index contributed by atoms with van der Waals surface area (Å²) in [6.45, 7) is 0. The lowest BCUT2D eigenvalue weighted by molar-refractivity contribution is -0.463. The first-order chi connectivity index (χ1) is 15.4. The number of benzene rings is 3. The number of hydrogen-bond acceptors (Lipinski definition) is 2. The third kappa shape index (κ3) is 3.00. The van der Waals surface area contributed by atoms with E-state index >= 15 is 0 Å². The molecule has 3 aromatic carbocycles. The number of fused-ring (bicyclic) bond motifs is 4. The van der Waals surface area contributed by atoms with Gasteiger partial charge in [-0.15, -0.1) is 0 Å². The van der Waals surface area contributed by atoms with Crippen molar-refractivity contribution in [2.24, 2.45) is 0 Å². The number of allylic oxidation sites excluding steroid dienone is 3. The average molecular weight is 421 g/mol. The van der Waals surface area contributed by atoms with Gasteiger partial charge in [0.2, 0.25) is 5.71 Å². The van der Waals surface area contributed by atoms with Gasteiger partial charge in [0.15, 0.2) is 0 Å². The Balaban J connectivity index is 1.89. The minimum atomic E-state index is 1.22. The summed E-state index contributed by atoms with van der Waals surface area (Å²) in [5.74, 6) is 0. The minimum absolute atomic E-state index is 1.22. The van der Waals surface area contributed by atoms with Gasteiger partial charge in [-0.3, -0.25) is 0 Å². The van der Waals surface area contributed by atoms with Gasteiger partial charge in [0.1, 0.15) is 14.1 Å². The molecule has 0 radical (unpaired) electrons. The van der Waals surface area contributed by atoms with E-state index in [1.807, 2.05) is 0 Å². The van der Waals surface area contributed by atoms with E-state index in [1.54, 1.807) is 0 Å². The molecule has 160 valence electrons. The summed E-state index contributed by atoms with van der Waals surface area (Å²) < 4.78 is 2.20. The molecule has 0 aromatic heterocycles. The molecule has 0 N–H and O–H groups in total. The molecule has 0 fully saturated rings. The van der Waals surface area contributed by atoms with Crippen molar-refractivity contribution in [2.75, 3.05) is 52.1 Å². The Hall–Kier alpha value is -3.59. The smallest absolute Gasteiger partial charge is 0.207 e. The molecule has 0 aliphatic heterocycles. The first kappa shape index (κ1) is 20.3. The molecule has 0 unspecified atom stereocenters. The van der Waals surface area contributed by atoms with Crippen molar-refractivity contribution < 1.29 is 4.58 Å². The van der Waals surface area contributed by atoms with Gasteiger partial charge in [-0.05, 0) is 63.7 Å². The van der Waals surface area contributed by atoms with Crippen LogP contribution in [0, 0.1) is 0 Å². The van der Waals surface area contributed by atoms with Crippen molar-refractivity contribution in [2.45, 2.75) is 0 Å². The Bertz CT molecular complexity index is 1330. The molecule has 0 atom stereocenters. The van der Waals surface area contributed by atoms with Crippen molar-refractivity contribution in [3.63, 3.8) is 0 Å². The van der Waals surface area contributed by atoms with E-state index in [-0.39, 0.29) is 0 Å². The third-order valence-corrected chi connectivity index (χ3v) is 6.50. The van der Waals surface area contributed by atoms with Crippen LogP contribution in [-0.2, 0) is 0 Å². The first-order valence-corrected chi connectivity index (χ1v) is 11.1. The maximum Gasteiger partial charge on any atom is 0.207 e. The molecule has 0 amide bonds. The number of anilines is 2. The average Bonchev–Trinajstić information content (AvgIpc) is 3.11. The van der Waals surface area contributed by atoms with Crippen LogP contribution >= 0.6 is 0 Å². The van der Waals surface area contributed by atoms with Gasteiger partial charge in [0, 0.05) is 51.2 Å². The lowest BCUT2D eigenvalue weighted by Gasteiger charge is -2.19. The van der Waals surface area contributed by atoms with E-state index in [2.05, 4.69) is 129 Å². The van der Waals surface area contributed by atoms with Crippen LogP contribution in [0.4, 0.5) is 11.4 Å². The number of rotatable bonds is 2. The lowest BCUT2D eigenvalue weighted by atomic mass is 9.85. The molecule has 3 aromatic rings. The quantitative estimate of drug-likeness (QED) is 0.402. The normalized spacial score (nSPS) is 15.9. The zero-order valence-corrected chi connectivity index (χ0v) is 19.8. The maximum atomic E-state index is 2.34. The van der Waals surface area contributed by atoms with Crippen molar-refractivity contribution in [1.82, 2.24) is 0 Å². The molecule has 0 heterocycles. The van der Waals surface area contributed by atoms with Crippen LogP contribution in [0.15, 0.2) is 72.8 Å². The van der Waals surface area contributed by atoms with Crippen molar-refractivity contribution in [3.05, 3.63) is 95.1 Å². The second-order valence-corrected chi connectivity index (χ2v) is 9.17. The van der Waals surface area contributed by atoms with E-state index in [4.69, 9.17) is 0 Å². The highest BCUT2D eigenvalue weighted by Gasteiger charge is 2.31. The SMILES string of the molecule is CN(C)c1ccc2c(c1)-c1c(cccc1N(C)C)/C2=C1\C=CC(=[N+](C)C)c2ccccc21. The van der Waals surface area contributed by atoms with Crippen LogP contribution in [-0.4, -0.2) is 52.6 Å². The largest absolute Gasteiger partial charge is 0.378 e. The molecule has 0 saturated carbocycles. The fourth-order valence-electron chi connectivity index (χ4n) is 4.97. The summed E-state index contributed by atoms with van der Waals surface area (Å²) in [4.78, 5) is 4.40. The van der Waals surface area contributed by atoms with E-state index in [0.717, 1.165) is 0 Å². The molecular formula is C29H30N3+. The molecule has 5 rings (SSSR count). The number of hydrogen-bond donors (Lipinski definition) is 0. The standard InChI is InChI=1S/C29H30N3/c1-30(2)19-14-15-23-25(18-19)29-24(12-9-13-27(29)32(5)6)28(23)22-16-17-26(31(3)4)21-11-8-7-10-20(21)22/h7-18H,1-6H3/q+1. The van der Waals surface area contributed by atoms with Gasteiger partial charge in [-0.1, -0.05) is 36.4 Å². The first-order valence-electron chi connectivity index (χ1n) is 11.1. The highest BCUT2D eigenvalue weighted by atomic mass is 15.1. The molecule has 3 heteroatoms. The molecule has 0 bridgehead atoms. The monoisotopic (exact) mass is 420 g/mol. The highest BCUT2D eigenvalue weighted by molar-refractivity contribution is 6.21. The summed E-state index contributed by atoms with van der Waals surface area (Å²) in [6, 6.07) is 22.3. The van der Waals surface area contributed by atoms with Crippen molar-refractivity contribution >= 4 is 28.2 Å². The topological polar surface area (TPSA) is 9.49 Å². The van der Waals surface area contributed by atoms with E-state index in [1.165, 1.54) is 61.6 Å². The highest BCUT2D eigenvalue weighted by Crippen LogP contribution is 2.52. The number of nitrogens with zero attached hydrogens (tertiary/aromatic N) is 3. The van der Waals surface area contributed by atoms with Crippen LogP contribution in [0.25, 0.3) is 22.3 Å². The Morgan fingerprint density at radius 1 is 0.625 bits per heavy atom. The van der Waals surface area contributed by atoms with Crippen LogP contribution < -0.4 is 9.80 Å². The van der Waals surface area contributed by atoms with E-state index in [9.17, 15) is 0 Å². The van der Waals surface area contributed by atoms with Crippen LogP contribution in [0.3, 0.4) is 0 Å². The Kier molecular flexibility index (Phi) is 4.78. The molecule has 3 nitrogen and oxygen atoms in total. The summed E-state index contributed by atoms with van der Waals surface area (Å²) >= 11 is 0. The molecule has 32 heavy (non-hydrogen) atoms. The van der Waals surface area contributed by atoms with Gasteiger partial charge in [-0.2, -0.15) is 0 Å². The van der Waals surface area contributed by atoms with Crippen LogP contribution in [0.1, 0.15) is 22.3 Å². The van der Waals surface area contributed by atoms with Crippen molar-refractivity contribution in [1.29, 1.82) is 0 Å². The zero-order valence-electron chi connectivity index (χ0n) is 19.8. The molecular weight excluding hydrogens is 390 g/mol. The second kappa shape index (κ2) is 7.52. The molecule has 0 saturated heterocycles. The lowest BCUT2D eigenvalue weighted by Crippen LogP contribution is -2.17. The maximum absolute atomic E-state index is 2.34.